The molecule has 2 aromatic carbocycles. The third-order valence-electron chi connectivity index (χ3n) is 2.75. The Labute approximate surface area is 133 Å². The molecule has 0 atom stereocenters. The lowest BCUT2D eigenvalue weighted by atomic mass is 10.2. The van der Waals surface area contributed by atoms with Crippen molar-refractivity contribution < 1.29 is 14.2 Å². The van der Waals surface area contributed by atoms with Crippen LogP contribution in [0.3, 0.4) is 0 Å². The van der Waals surface area contributed by atoms with Gasteiger partial charge >= 0.3 is 0 Å². The number of nitrogens with one attached hydrogen (secondary N) is 1. The minimum Gasteiger partial charge on any atom is -0.508 e. The Bertz CT molecular complexity index is 635. The fourth-order valence-corrected chi connectivity index (χ4v) is 3.00. The van der Waals surface area contributed by atoms with Crippen LogP contribution in [-0.2, 0) is 6.54 Å². The summed E-state index contributed by atoms with van der Waals surface area (Å²) >= 11 is 6.82. The highest BCUT2D eigenvalue weighted by molar-refractivity contribution is 9.11. The molecule has 106 valence electrons. The predicted octanol–water partition coefficient (Wildman–Crippen LogP) is 4.68. The van der Waals surface area contributed by atoms with Crippen molar-refractivity contribution in [2.45, 2.75) is 6.54 Å². The lowest BCUT2D eigenvalue weighted by Crippen LogP contribution is -2.01. The maximum atomic E-state index is 13.1. The van der Waals surface area contributed by atoms with E-state index in [0.29, 0.717) is 17.9 Å². The van der Waals surface area contributed by atoms with Gasteiger partial charge in [0.2, 0.25) is 0 Å². The molecular formula is C14H12Br2FNO2. The third kappa shape index (κ3) is 3.43. The summed E-state index contributed by atoms with van der Waals surface area (Å²) in [6.07, 6.45) is 0. The van der Waals surface area contributed by atoms with Gasteiger partial charge in [0.1, 0.15) is 17.3 Å². The molecule has 0 aliphatic carbocycles. The van der Waals surface area contributed by atoms with Gasteiger partial charge in [0.25, 0.3) is 0 Å². The van der Waals surface area contributed by atoms with Gasteiger partial charge in [-0.15, -0.1) is 0 Å². The number of halogens is 3. The molecule has 0 aromatic heterocycles. The number of phenols is 1. The fourth-order valence-electron chi connectivity index (χ4n) is 1.71. The molecule has 20 heavy (non-hydrogen) atoms. The molecule has 0 aliphatic rings. The summed E-state index contributed by atoms with van der Waals surface area (Å²) < 4.78 is 20.0. The number of aromatic hydroxyl groups is 1. The summed E-state index contributed by atoms with van der Waals surface area (Å²) in [7, 11) is 1.58. The molecule has 0 radical (unpaired) electrons. The number of methoxy groups -OCH3 is 1. The zero-order valence-corrected chi connectivity index (χ0v) is 13.8. The number of anilines is 1. The van der Waals surface area contributed by atoms with Gasteiger partial charge in [-0.25, -0.2) is 4.39 Å². The minimum absolute atomic E-state index is 0.0547. The Kier molecular flexibility index (Phi) is 4.88. The number of hydrogen-bond acceptors (Lipinski definition) is 3. The molecule has 0 spiro atoms. The van der Waals surface area contributed by atoms with Crippen LogP contribution in [0, 0.1) is 5.82 Å². The van der Waals surface area contributed by atoms with Crippen molar-refractivity contribution in [2.24, 2.45) is 0 Å². The topological polar surface area (TPSA) is 41.5 Å². The zero-order valence-electron chi connectivity index (χ0n) is 10.6. The highest BCUT2D eigenvalue weighted by Crippen LogP contribution is 2.35. The summed E-state index contributed by atoms with van der Waals surface area (Å²) in [6, 6.07) is 7.52. The monoisotopic (exact) mass is 403 g/mol. The van der Waals surface area contributed by atoms with Gasteiger partial charge in [-0.05, 0) is 56.1 Å². The van der Waals surface area contributed by atoms with E-state index in [2.05, 4.69) is 37.2 Å². The van der Waals surface area contributed by atoms with Crippen molar-refractivity contribution in [3.63, 3.8) is 0 Å². The Morgan fingerprint density at radius 2 is 1.95 bits per heavy atom. The number of hydrogen-bond donors (Lipinski definition) is 2. The summed E-state index contributed by atoms with van der Waals surface area (Å²) in [5.74, 6) is 0.352. The lowest BCUT2D eigenvalue weighted by Gasteiger charge is -2.12. The van der Waals surface area contributed by atoms with E-state index in [1.54, 1.807) is 7.11 Å². The molecule has 3 nitrogen and oxygen atoms in total. The van der Waals surface area contributed by atoms with E-state index < -0.39 is 0 Å². The molecule has 0 fully saturated rings. The van der Waals surface area contributed by atoms with Gasteiger partial charge in [-0.2, -0.15) is 0 Å². The maximum Gasteiger partial charge on any atom is 0.135 e. The van der Waals surface area contributed by atoms with Gasteiger partial charge in [-0.3, -0.25) is 0 Å². The Morgan fingerprint density at radius 3 is 2.65 bits per heavy atom. The largest absolute Gasteiger partial charge is 0.508 e. The van der Waals surface area contributed by atoms with Crippen molar-refractivity contribution in [1.29, 1.82) is 0 Å². The quantitative estimate of drug-likeness (QED) is 0.777. The molecule has 2 rings (SSSR count). The molecule has 0 amide bonds. The van der Waals surface area contributed by atoms with E-state index in [0.717, 1.165) is 14.6 Å². The molecule has 0 saturated heterocycles. The van der Waals surface area contributed by atoms with E-state index in [1.807, 2.05) is 12.1 Å². The number of rotatable bonds is 4. The maximum absolute atomic E-state index is 13.1. The SMILES string of the molecule is COc1cc(NCc2cc(F)ccc2O)c(Br)cc1Br. The molecule has 0 saturated carbocycles. The van der Waals surface area contributed by atoms with Crippen molar-refractivity contribution >= 4 is 37.5 Å². The second kappa shape index (κ2) is 6.45. The molecule has 0 unspecified atom stereocenters. The minimum atomic E-state index is -0.382. The molecule has 6 heteroatoms. The van der Waals surface area contributed by atoms with E-state index in [4.69, 9.17) is 4.74 Å². The third-order valence-corrected chi connectivity index (χ3v) is 4.03. The first-order valence-corrected chi connectivity index (χ1v) is 7.34. The molecule has 0 heterocycles. The summed E-state index contributed by atoms with van der Waals surface area (Å²) in [5.41, 5.74) is 1.27. The van der Waals surface area contributed by atoms with Gasteiger partial charge in [-0.1, -0.05) is 0 Å². The van der Waals surface area contributed by atoms with Crippen LogP contribution < -0.4 is 10.1 Å². The molecule has 0 bridgehead atoms. The Balaban J connectivity index is 2.20. The van der Waals surface area contributed by atoms with Crippen LogP contribution in [0.15, 0.2) is 39.3 Å². The molecular weight excluding hydrogens is 393 g/mol. The number of benzene rings is 2. The van der Waals surface area contributed by atoms with Gasteiger partial charge in [0, 0.05) is 22.6 Å². The Hall–Kier alpha value is -1.27. The van der Waals surface area contributed by atoms with E-state index in [9.17, 15) is 9.50 Å². The summed E-state index contributed by atoms with van der Waals surface area (Å²) in [6.45, 7) is 0.299. The van der Waals surface area contributed by atoms with Crippen molar-refractivity contribution in [3.05, 3.63) is 50.7 Å². The lowest BCUT2D eigenvalue weighted by molar-refractivity contribution is 0.412. The molecule has 2 N–H and O–H groups in total. The second-order valence-corrected chi connectivity index (χ2v) is 5.80. The van der Waals surface area contributed by atoms with Crippen molar-refractivity contribution in [1.82, 2.24) is 0 Å². The van der Waals surface area contributed by atoms with E-state index in [-0.39, 0.29) is 11.6 Å². The highest BCUT2D eigenvalue weighted by atomic mass is 79.9. The van der Waals surface area contributed by atoms with Crippen LogP contribution in [0.4, 0.5) is 10.1 Å². The van der Waals surface area contributed by atoms with Crippen LogP contribution in [-0.4, -0.2) is 12.2 Å². The second-order valence-electron chi connectivity index (χ2n) is 4.09. The highest BCUT2D eigenvalue weighted by Gasteiger charge is 2.08. The fraction of sp³-hybridized carbons (Fsp3) is 0.143. The van der Waals surface area contributed by atoms with Crippen LogP contribution in [0.25, 0.3) is 0 Å². The first kappa shape index (κ1) is 15.1. The average Bonchev–Trinajstić information content (AvgIpc) is 2.41. The smallest absolute Gasteiger partial charge is 0.135 e. The molecule has 0 aliphatic heterocycles. The normalized spacial score (nSPS) is 10.4. The van der Waals surface area contributed by atoms with Gasteiger partial charge < -0.3 is 15.2 Å². The number of phenolic OH excluding ortho intramolecular Hbond substituents is 1. The van der Waals surface area contributed by atoms with Crippen LogP contribution in [0.5, 0.6) is 11.5 Å². The van der Waals surface area contributed by atoms with E-state index >= 15 is 0 Å². The van der Waals surface area contributed by atoms with E-state index in [1.165, 1.54) is 18.2 Å². The van der Waals surface area contributed by atoms with Crippen molar-refractivity contribution in [2.75, 3.05) is 12.4 Å². The number of ether oxygens (including phenoxy) is 1. The Morgan fingerprint density at radius 1 is 1.20 bits per heavy atom. The van der Waals surface area contributed by atoms with Gasteiger partial charge in [0.05, 0.1) is 17.3 Å². The van der Waals surface area contributed by atoms with Crippen molar-refractivity contribution in [3.8, 4) is 11.5 Å². The molecule has 2 aromatic rings. The average molecular weight is 405 g/mol. The predicted molar refractivity (Wildman–Crippen MR) is 83.8 cm³/mol. The standard InChI is InChI=1S/C14H12Br2FNO2/c1-20-14-6-12(10(15)5-11(14)16)18-7-8-4-9(17)2-3-13(8)19/h2-6,18-19H,7H2,1H3. The first-order chi connectivity index (χ1) is 9.51. The van der Waals surface area contributed by atoms with Crippen LogP contribution in [0.2, 0.25) is 0 Å². The van der Waals surface area contributed by atoms with Crippen LogP contribution in [0.1, 0.15) is 5.56 Å². The first-order valence-electron chi connectivity index (χ1n) is 5.75. The van der Waals surface area contributed by atoms with Crippen LogP contribution >= 0.6 is 31.9 Å². The summed E-state index contributed by atoms with van der Waals surface area (Å²) in [5, 5.41) is 12.8. The van der Waals surface area contributed by atoms with Gasteiger partial charge in [0.15, 0.2) is 0 Å². The summed E-state index contributed by atoms with van der Waals surface area (Å²) in [4.78, 5) is 0. The zero-order chi connectivity index (χ0) is 14.7.